The van der Waals surface area contributed by atoms with Gasteiger partial charge in [0.25, 0.3) is 0 Å². The number of hydrogen-bond acceptors (Lipinski definition) is 5. The third-order valence-electron chi connectivity index (χ3n) is 4.31. The van der Waals surface area contributed by atoms with Crippen LogP contribution in [0.1, 0.15) is 18.4 Å². The zero-order chi connectivity index (χ0) is 18.4. The normalized spacial score (nSPS) is 15.3. The van der Waals surface area contributed by atoms with E-state index in [2.05, 4.69) is 17.5 Å². The Labute approximate surface area is 151 Å². The molecule has 1 N–H and O–H groups in total. The topological polar surface area (TPSA) is 95.1 Å². The van der Waals surface area contributed by atoms with Gasteiger partial charge in [-0.3, -0.25) is 4.79 Å². The van der Waals surface area contributed by atoms with Gasteiger partial charge in [0, 0.05) is 18.9 Å². The summed E-state index contributed by atoms with van der Waals surface area (Å²) in [7, 11) is 0. The van der Waals surface area contributed by atoms with E-state index in [1.807, 2.05) is 0 Å². The van der Waals surface area contributed by atoms with E-state index in [0.717, 1.165) is 0 Å². The highest BCUT2D eigenvalue weighted by atomic mass is 16.5. The largest absolute Gasteiger partial charge is 0.457 e. The van der Waals surface area contributed by atoms with Gasteiger partial charge in [-0.25, -0.2) is 0 Å². The Kier molecular flexibility index (Phi) is 5.17. The molecule has 130 valence electrons. The predicted molar refractivity (Wildman–Crippen MR) is 94.4 cm³/mol. The van der Waals surface area contributed by atoms with Gasteiger partial charge in [0.2, 0.25) is 5.91 Å². The van der Waals surface area contributed by atoms with Gasteiger partial charge in [0.1, 0.15) is 16.9 Å². The molecule has 1 heterocycles. The van der Waals surface area contributed by atoms with Crippen LogP contribution in [-0.2, 0) is 9.53 Å². The molecule has 26 heavy (non-hydrogen) atoms. The third-order valence-corrected chi connectivity index (χ3v) is 4.31. The quantitative estimate of drug-likeness (QED) is 0.911. The van der Waals surface area contributed by atoms with E-state index in [1.54, 1.807) is 48.5 Å². The van der Waals surface area contributed by atoms with Crippen LogP contribution in [-0.4, -0.2) is 19.1 Å². The number of nitrogens with one attached hydrogen (secondary N) is 1. The van der Waals surface area contributed by atoms with Gasteiger partial charge >= 0.3 is 0 Å². The van der Waals surface area contributed by atoms with Crippen LogP contribution in [0.2, 0.25) is 0 Å². The van der Waals surface area contributed by atoms with Crippen molar-refractivity contribution in [1.82, 2.24) is 0 Å². The van der Waals surface area contributed by atoms with Crippen molar-refractivity contribution in [2.24, 2.45) is 5.41 Å². The number of benzene rings is 2. The molecule has 0 aromatic heterocycles. The van der Waals surface area contributed by atoms with Crippen LogP contribution < -0.4 is 10.1 Å². The molecule has 6 heteroatoms. The highest BCUT2D eigenvalue weighted by Gasteiger charge is 2.40. The first-order valence-corrected chi connectivity index (χ1v) is 8.24. The zero-order valence-electron chi connectivity index (χ0n) is 14.1. The molecule has 2 aromatic rings. The fourth-order valence-electron chi connectivity index (χ4n) is 2.73. The third kappa shape index (κ3) is 3.83. The summed E-state index contributed by atoms with van der Waals surface area (Å²) in [5, 5.41) is 21.1. The summed E-state index contributed by atoms with van der Waals surface area (Å²) in [5.41, 5.74) is 0.0735. The average molecular weight is 347 g/mol. The fraction of sp³-hybridized carbons (Fsp3) is 0.250. The van der Waals surface area contributed by atoms with Crippen LogP contribution in [0.5, 0.6) is 11.5 Å². The molecule has 0 atom stereocenters. The molecule has 1 amide bonds. The Morgan fingerprint density at radius 3 is 2.46 bits per heavy atom. The minimum absolute atomic E-state index is 0.307. The molecule has 1 fully saturated rings. The lowest BCUT2D eigenvalue weighted by Crippen LogP contribution is -2.39. The van der Waals surface area contributed by atoms with E-state index >= 15 is 0 Å². The molecule has 0 spiro atoms. The Bertz CT molecular complexity index is 872. The van der Waals surface area contributed by atoms with Crippen molar-refractivity contribution in [3.05, 3.63) is 54.1 Å². The first-order valence-electron chi connectivity index (χ1n) is 8.24. The summed E-state index contributed by atoms with van der Waals surface area (Å²) in [4.78, 5) is 12.5. The number of hydrogen-bond donors (Lipinski definition) is 1. The standard InChI is InChI=1S/C20H17N3O3/c21-13-15-2-1-3-18(12-15)26-17-6-4-16(5-7-17)23-19(24)20(14-22)8-10-25-11-9-20/h1-7,12H,8-11H2,(H,23,24). The lowest BCUT2D eigenvalue weighted by atomic mass is 9.81. The van der Waals surface area contributed by atoms with Gasteiger partial charge in [-0.1, -0.05) is 6.07 Å². The monoisotopic (exact) mass is 347 g/mol. The predicted octanol–water partition coefficient (Wildman–Crippen LogP) is 3.61. The molecule has 3 rings (SSSR count). The minimum Gasteiger partial charge on any atom is -0.457 e. The summed E-state index contributed by atoms with van der Waals surface area (Å²) in [6.45, 7) is 0.824. The maximum Gasteiger partial charge on any atom is 0.245 e. The summed E-state index contributed by atoms with van der Waals surface area (Å²) in [5.74, 6) is 0.837. The van der Waals surface area contributed by atoms with E-state index in [0.29, 0.717) is 48.8 Å². The number of nitrogens with zero attached hydrogens (tertiary/aromatic N) is 2. The molecule has 0 aliphatic carbocycles. The minimum atomic E-state index is -1.04. The Balaban J connectivity index is 1.67. The first kappa shape index (κ1) is 17.5. The number of carbonyl (C=O) groups excluding carboxylic acids is 1. The van der Waals surface area contributed by atoms with Crippen LogP contribution >= 0.6 is 0 Å². The first-order chi connectivity index (χ1) is 12.6. The van der Waals surface area contributed by atoms with Crippen LogP contribution in [0.15, 0.2) is 48.5 Å². The number of anilines is 1. The number of ether oxygens (including phenoxy) is 2. The van der Waals surface area contributed by atoms with E-state index in [-0.39, 0.29) is 5.91 Å². The van der Waals surface area contributed by atoms with E-state index in [9.17, 15) is 10.1 Å². The molecule has 1 saturated heterocycles. The summed E-state index contributed by atoms with van der Waals surface area (Å²) < 4.78 is 11.0. The van der Waals surface area contributed by atoms with Crippen molar-refractivity contribution in [1.29, 1.82) is 10.5 Å². The Hall–Kier alpha value is -3.35. The second kappa shape index (κ2) is 7.69. The molecule has 0 unspecified atom stereocenters. The SMILES string of the molecule is N#Cc1cccc(Oc2ccc(NC(=O)C3(C#N)CCOCC3)cc2)c1. The molecule has 0 radical (unpaired) electrons. The molecular weight excluding hydrogens is 330 g/mol. The zero-order valence-corrected chi connectivity index (χ0v) is 14.1. The second-order valence-electron chi connectivity index (χ2n) is 6.03. The number of carbonyl (C=O) groups is 1. The lowest BCUT2D eigenvalue weighted by Gasteiger charge is -2.29. The van der Waals surface area contributed by atoms with Crippen molar-refractivity contribution in [3.8, 4) is 23.6 Å². The molecule has 2 aromatic carbocycles. The van der Waals surface area contributed by atoms with Crippen LogP contribution in [0, 0.1) is 28.1 Å². The molecule has 6 nitrogen and oxygen atoms in total. The van der Waals surface area contributed by atoms with E-state index in [1.165, 1.54) is 0 Å². The number of amides is 1. The van der Waals surface area contributed by atoms with Crippen molar-refractivity contribution < 1.29 is 14.3 Å². The maximum atomic E-state index is 12.5. The van der Waals surface area contributed by atoms with Crippen LogP contribution in [0.25, 0.3) is 0 Å². The lowest BCUT2D eigenvalue weighted by molar-refractivity contribution is -0.126. The molecule has 0 bridgehead atoms. The average Bonchev–Trinajstić information content (AvgIpc) is 2.70. The summed E-state index contributed by atoms with van der Waals surface area (Å²) in [6, 6.07) is 17.9. The second-order valence-corrected chi connectivity index (χ2v) is 6.03. The Morgan fingerprint density at radius 2 is 1.81 bits per heavy atom. The Morgan fingerprint density at radius 1 is 1.08 bits per heavy atom. The van der Waals surface area contributed by atoms with Gasteiger partial charge in [-0.15, -0.1) is 0 Å². The van der Waals surface area contributed by atoms with Gasteiger partial charge in [-0.05, 0) is 55.3 Å². The summed E-state index contributed by atoms with van der Waals surface area (Å²) in [6.07, 6.45) is 0.789. The van der Waals surface area contributed by atoms with Crippen LogP contribution in [0.4, 0.5) is 5.69 Å². The summed E-state index contributed by atoms with van der Waals surface area (Å²) >= 11 is 0. The van der Waals surface area contributed by atoms with Crippen molar-refractivity contribution in [2.75, 3.05) is 18.5 Å². The van der Waals surface area contributed by atoms with Gasteiger partial charge in [0.15, 0.2) is 0 Å². The van der Waals surface area contributed by atoms with Gasteiger partial charge in [-0.2, -0.15) is 10.5 Å². The van der Waals surface area contributed by atoms with Crippen LogP contribution in [0.3, 0.4) is 0 Å². The maximum absolute atomic E-state index is 12.5. The molecule has 1 aliphatic rings. The highest BCUT2D eigenvalue weighted by Crippen LogP contribution is 2.31. The fourth-order valence-corrected chi connectivity index (χ4v) is 2.73. The highest BCUT2D eigenvalue weighted by molar-refractivity contribution is 5.97. The molecular formula is C20H17N3O3. The molecule has 0 saturated carbocycles. The van der Waals surface area contributed by atoms with E-state index in [4.69, 9.17) is 14.7 Å². The smallest absolute Gasteiger partial charge is 0.245 e. The van der Waals surface area contributed by atoms with Crippen molar-refractivity contribution in [2.45, 2.75) is 12.8 Å². The van der Waals surface area contributed by atoms with Gasteiger partial charge < -0.3 is 14.8 Å². The number of rotatable bonds is 4. The molecule has 1 aliphatic heterocycles. The van der Waals surface area contributed by atoms with Gasteiger partial charge in [0.05, 0.1) is 17.7 Å². The van der Waals surface area contributed by atoms with Crippen molar-refractivity contribution in [3.63, 3.8) is 0 Å². The van der Waals surface area contributed by atoms with E-state index < -0.39 is 5.41 Å². The number of nitriles is 2. The van der Waals surface area contributed by atoms with Crippen molar-refractivity contribution >= 4 is 11.6 Å².